The van der Waals surface area contributed by atoms with Gasteiger partial charge in [0.15, 0.2) is 8.32 Å². The van der Waals surface area contributed by atoms with Gasteiger partial charge in [-0.3, -0.25) is 0 Å². The molecule has 42 heavy (non-hydrogen) atoms. The molecule has 8 heteroatoms. The second-order valence-corrected chi connectivity index (χ2v) is 19.3. The molecule has 0 bridgehead atoms. The predicted molar refractivity (Wildman–Crippen MR) is 177 cm³/mol. The van der Waals surface area contributed by atoms with Gasteiger partial charge in [0.05, 0.1) is 47.2 Å². The fourth-order valence-corrected chi connectivity index (χ4v) is 6.71. The molecule has 3 aromatic rings. The Bertz CT molecular complexity index is 1390. The van der Waals surface area contributed by atoms with Crippen LogP contribution in [0.4, 0.5) is 0 Å². The lowest BCUT2D eigenvalue weighted by Crippen LogP contribution is -2.46. The van der Waals surface area contributed by atoms with Crippen molar-refractivity contribution in [3.05, 3.63) is 113 Å². The molecule has 0 heterocycles. The maximum atomic E-state index is 13.8. The molecule has 5 nitrogen and oxygen atoms in total. The second-order valence-electron chi connectivity index (χ2n) is 12.4. The lowest BCUT2D eigenvalue weighted by molar-refractivity contribution is -0.000264. The first-order valence-corrected chi connectivity index (χ1v) is 19.4. The van der Waals surface area contributed by atoms with Crippen molar-refractivity contribution in [3.8, 4) is 0 Å². The minimum Gasteiger partial charge on any atom is -0.411 e. The number of halogens is 1. The number of benzene rings is 3. The van der Waals surface area contributed by atoms with Crippen LogP contribution in [0.5, 0.6) is 0 Å². The molecule has 0 N–H and O–H groups in total. The van der Waals surface area contributed by atoms with Gasteiger partial charge in [-0.25, -0.2) is 8.42 Å². The summed E-state index contributed by atoms with van der Waals surface area (Å²) in [5.74, 6) is 0.250. The summed E-state index contributed by atoms with van der Waals surface area (Å²) in [7, 11) is -6.00. The SMILES string of the molecule is Cc1ccc(S(=O)(=O)/C=C(\CO[Si](C)(C)C(C)(C)C)N(Cc2ccccc2)[C@@H](C)[C@H](CCl)OCc2ccccc2)cc1. The van der Waals surface area contributed by atoms with Crippen LogP contribution in [0, 0.1) is 6.92 Å². The quantitative estimate of drug-likeness (QED) is 0.133. The summed E-state index contributed by atoms with van der Waals surface area (Å²) in [6.45, 7) is 15.9. The fraction of sp³-hybridized carbons (Fsp3) is 0.412. The zero-order valence-electron chi connectivity index (χ0n) is 26.0. The largest absolute Gasteiger partial charge is 0.411 e. The van der Waals surface area contributed by atoms with E-state index in [-0.39, 0.29) is 34.6 Å². The van der Waals surface area contributed by atoms with Crippen molar-refractivity contribution in [2.24, 2.45) is 0 Å². The van der Waals surface area contributed by atoms with Gasteiger partial charge in [0.2, 0.25) is 9.84 Å². The molecule has 0 aliphatic rings. The van der Waals surface area contributed by atoms with Crippen molar-refractivity contribution >= 4 is 29.8 Å². The first-order chi connectivity index (χ1) is 19.7. The van der Waals surface area contributed by atoms with E-state index < -0.39 is 18.2 Å². The van der Waals surface area contributed by atoms with Crippen LogP contribution in [0.15, 0.2) is 101 Å². The number of alkyl halides is 1. The second kappa shape index (κ2) is 14.8. The van der Waals surface area contributed by atoms with E-state index in [0.717, 1.165) is 16.7 Å². The highest BCUT2D eigenvalue weighted by atomic mass is 35.5. The molecule has 3 aromatic carbocycles. The van der Waals surface area contributed by atoms with Gasteiger partial charge in [0, 0.05) is 6.54 Å². The van der Waals surface area contributed by atoms with Crippen molar-refractivity contribution in [2.75, 3.05) is 12.5 Å². The van der Waals surface area contributed by atoms with Gasteiger partial charge in [-0.15, -0.1) is 11.6 Å². The Labute approximate surface area is 259 Å². The van der Waals surface area contributed by atoms with E-state index in [1.807, 2.05) is 86.6 Å². The van der Waals surface area contributed by atoms with Crippen LogP contribution in [-0.2, 0) is 32.2 Å². The Balaban J connectivity index is 2.07. The minimum atomic E-state index is -3.78. The van der Waals surface area contributed by atoms with Crippen molar-refractivity contribution in [2.45, 2.75) is 82.9 Å². The number of rotatable bonds is 14. The highest BCUT2D eigenvalue weighted by molar-refractivity contribution is 7.94. The third-order valence-electron chi connectivity index (χ3n) is 8.08. The highest BCUT2D eigenvalue weighted by Gasteiger charge is 2.38. The van der Waals surface area contributed by atoms with Crippen LogP contribution in [-0.4, -0.2) is 46.3 Å². The standard InChI is InChI=1S/C34H46ClNO4SSi/c1-27-18-20-32(21-19-27)41(37,38)26-31(25-40-42(6,7)34(3,4)5)36(23-29-14-10-8-11-15-29)28(2)33(22-35)39-24-30-16-12-9-13-17-30/h8-21,26,28,33H,22-25H2,1-7H3/b31-26+/t28-,33-/m0/s1. The topological polar surface area (TPSA) is 55.8 Å². The zero-order chi connectivity index (χ0) is 31.0. The van der Waals surface area contributed by atoms with E-state index >= 15 is 0 Å². The zero-order valence-corrected chi connectivity index (χ0v) is 28.6. The summed E-state index contributed by atoms with van der Waals surface area (Å²) in [4.78, 5) is 2.34. The van der Waals surface area contributed by atoms with Crippen LogP contribution in [0.2, 0.25) is 18.1 Å². The van der Waals surface area contributed by atoms with Crippen LogP contribution in [0.1, 0.15) is 44.4 Å². The molecule has 0 saturated carbocycles. The normalized spacial score (nSPS) is 14.4. The lowest BCUT2D eigenvalue weighted by Gasteiger charge is -2.40. The third kappa shape index (κ3) is 9.54. The molecular formula is C34H46ClNO4SSi. The average Bonchev–Trinajstić information content (AvgIpc) is 2.95. The molecule has 0 aliphatic heterocycles. The summed E-state index contributed by atoms with van der Waals surface area (Å²) in [6, 6.07) is 26.7. The Morgan fingerprint density at radius 3 is 2.00 bits per heavy atom. The molecule has 0 saturated heterocycles. The minimum absolute atomic E-state index is 0.0404. The summed E-state index contributed by atoms with van der Waals surface area (Å²) in [5.41, 5.74) is 3.68. The Morgan fingerprint density at radius 1 is 0.929 bits per heavy atom. The van der Waals surface area contributed by atoms with Gasteiger partial charge in [0.25, 0.3) is 0 Å². The number of sulfone groups is 1. The summed E-state index contributed by atoms with van der Waals surface area (Å²) in [6.07, 6.45) is -0.367. The van der Waals surface area contributed by atoms with E-state index in [0.29, 0.717) is 18.8 Å². The Morgan fingerprint density at radius 2 is 1.48 bits per heavy atom. The molecule has 3 rings (SSSR count). The molecule has 0 aliphatic carbocycles. The Kier molecular flexibility index (Phi) is 12.0. The maximum Gasteiger partial charge on any atom is 0.201 e. The molecular weight excluding hydrogens is 582 g/mol. The van der Waals surface area contributed by atoms with E-state index in [1.54, 1.807) is 12.1 Å². The molecule has 0 spiro atoms. The number of ether oxygens (including phenoxy) is 1. The van der Waals surface area contributed by atoms with Crippen LogP contribution >= 0.6 is 11.6 Å². The molecule has 228 valence electrons. The maximum absolute atomic E-state index is 13.8. The number of aryl methyl sites for hydroxylation is 1. The first-order valence-electron chi connectivity index (χ1n) is 14.4. The van der Waals surface area contributed by atoms with E-state index in [2.05, 4.69) is 38.8 Å². The van der Waals surface area contributed by atoms with Gasteiger partial charge in [0.1, 0.15) is 0 Å². The third-order valence-corrected chi connectivity index (χ3v) is 14.4. The van der Waals surface area contributed by atoms with Crippen molar-refractivity contribution in [1.82, 2.24) is 4.90 Å². The van der Waals surface area contributed by atoms with E-state index in [1.165, 1.54) is 5.41 Å². The summed E-state index contributed by atoms with van der Waals surface area (Å²) >= 11 is 6.52. The van der Waals surface area contributed by atoms with Crippen LogP contribution < -0.4 is 0 Å². The monoisotopic (exact) mass is 627 g/mol. The predicted octanol–water partition coefficient (Wildman–Crippen LogP) is 8.35. The molecule has 0 amide bonds. The van der Waals surface area contributed by atoms with Gasteiger partial charge in [-0.2, -0.15) is 0 Å². The average molecular weight is 628 g/mol. The van der Waals surface area contributed by atoms with E-state index in [9.17, 15) is 8.42 Å². The number of nitrogens with zero attached hydrogens (tertiary/aromatic N) is 1. The van der Waals surface area contributed by atoms with Crippen molar-refractivity contribution in [3.63, 3.8) is 0 Å². The number of hydrogen-bond donors (Lipinski definition) is 0. The molecule has 2 atom stereocenters. The van der Waals surface area contributed by atoms with Gasteiger partial charge in [-0.05, 0) is 55.2 Å². The molecule has 0 radical (unpaired) electrons. The summed E-state index contributed by atoms with van der Waals surface area (Å²) in [5, 5.41) is 1.34. The first kappa shape index (κ1) is 34.1. The molecule has 0 fully saturated rings. The fourth-order valence-electron chi connectivity index (χ4n) is 4.21. The molecule has 0 aromatic heterocycles. The van der Waals surface area contributed by atoms with Gasteiger partial charge < -0.3 is 14.1 Å². The van der Waals surface area contributed by atoms with E-state index in [4.69, 9.17) is 20.8 Å². The number of hydrogen-bond acceptors (Lipinski definition) is 5. The van der Waals surface area contributed by atoms with Gasteiger partial charge >= 0.3 is 0 Å². The van der Waals surface area contributed by atoms with Gasteiger partial charge in [-0.1, -0.05) is 99.1 Å². The van der Waals surface area contributed by atoms with Crippen molar-refractivity contribution < 1.29 is 17.6 Å². The van der Waals surface area contributed by atoms with Crippen LogP contribution in [0.3, 0.4) is 0 Å². The Hall–Kier alpha value is -2.42. The molecule has 0 unspecified atom stereocenters. The van der Waals surface area contributed by atoms with Crippen molar-refractivity contribution in [1.29, 1.82) is 0 Å². The summed E-state index contributed by atoms with van der Waals surface area (Å²) < 4.78 is 40.6. The smallest absolute Gasteiger partial charge is 0.201 e. The van der Waals surface area contributed by atoms with Crippen LogP contribution in [0.25, 0.3) is 0 Å². The highest BCUT2D eigenvalue weighted by Crippen LogP contribution is 2.37. The lowest BCUT2D eigenvalue weighted by atomic mass is 10.1.